The van der Waals surface area contributed by atoms with Gasteiger partial charge in [-0.25, -0.2) is 0 Å². The summed E-state index contributed by atoms with van der Waals surface area (Å²) in [5.74, 6) is 1.24. The number of hydrogen-bond donors (Lipinski definition) is 0. The maximum atomic E-state index is 12.5. The largest absolute Gasteiger partial charge is 0.495 e. The number of ketones is 1. The third-order valence-corrected chi connectivity index (χ3v) is 2.86. The highest BCUT2D eigenvalue weighted by Crippen LogP contribution is 2.32. The Hall–Kier alpha value is -2.56. The minimum Gasteiger partial charge on any atom is -0.495 e. The van der Waals surface area contributed by atoms with Crippen LogP contribution in [0.1, 0.15) is 15.9 Å². The lowest BCUT2D eigenvalue weighted by atomic mass is 10.0. The molecule has 1 aromatic heterocycles. The number of hydrogen-bond acceptors (Lipinski definition) is 5. The minimum absolute atomic E-state index is 0.202. The molecule has 104 valence electrons. The van der Waals surface area contributed by atoms with Crippen LogP contribution in [0.4, 0.5) is 0 Å². The number of methoxy groups -OCH3 is 3. The van der Waals surface area contributed by atoms with Crippen molar-refractivity contribution in [2.24, 2.45) is 0 Å². The number of pyridine rings is 1. The predicted octanol–water partition coefficient (Wildman–Crippen LogP) is 2.34. The molecule has 0 spiro atoms. The fourth-order valence-corrected chi connectivity index (χ4v) is 1.88. The van der Waals surface area contributed by atoms with Gasteiger partial charge in [-0.15, -0.1) is 0 Å². The Kier molecular flexibility index (Phi) is 4.20. The van der Waals surface area contributed by atoms with Crippen molar-refractivity contribution in [2.75, 3.05) is 21.3 Å². The fourth-order valence-electron chi connectivity index (χ4n) is 1.88. The first-order chi connectivity index (χ1) is 9.71. The lowest BCUT2D eigenvalue weighted by molar-refractivity contribution is 0.103. The number of aromatic nitrogens is 1. The molecule has 2 aromatic rings. The maximum Gasteiger partial charge on any atom is 0.198 e. The standard InChI is InChI=1S/C15H15NO4/c1-18-11-7-10(8-16-9-11)14(17)12-5-4-6-13(19-2)15(12)20-3/h4-9H,1-3H3. The smallest absolute Gasteiger partial charge is 0.198 e. The molecule has 0 aliphatic heterocycles. The third-order valence-electron chi connectivity index (χ3n) is 2.86. The summed E-state index contributed by atoms with van der Waals surface area (Å²) in [7, 11) is 4.55. The number of nitrogens with zero attached hydrogens (tertiary/aromatic N) is 1. The monoisotopic (exact) mass is 273 g/mol. The first kappa shape index (κ1) is 13.9. The number of para-hydroxylation sites is 1. The van der Waals surface area contributed by atoms with E-state index in [4.69, 9.17) is 14.2 Å². The summed E-state index contributed by atoms with van der Waals surface area (Å²) in [6.07, 6.45) is 3.03. The Morgan fingerprint density at radius 1 is 1.05 bits per heavy atom. The van der Waals surface area contributed by atoms with Crippen molar-refractivity contribution >= 4 is 5.78 Å². The zero-order valence-electron chi connectivity index (χ0n) is 11.5. The van der Waals surface area contributed by atoms with Gasteiger partial charge in [0.15, 0.2) is 17.3 Å². The van der Waals surface area contributed by atoms with Gasteiger partial charge in [-0.2, -0.15) is 0 Å². The molecule has 1 heterocycles. The van der Waals surface area contributed by atoms with Gasteiger partial charge in [0.2, 0.25) is 0 Å². The second-order valence-corrected chi connectivity index (χ2v) is 3.98. The molecule has 0 saturated heterocycles. The Bertz CT molecular complexity index is 625. The van der Waals surface area contributed by atoms with Crippen LogP contribution in [0, 0.1) is 0 Å². The SMILES string of the molecule is COc1cncc(C(=O)c2cccc(OC)c2OC)c1. The molecule has 0 fully saturated rings. The number of benzene rings is 1. The molecule has 0 radical (unpaired) electrons. The molecule has 0 atom stereocenters. The number of rotatable bonds is 5. The van der Waals surface area contributed by atoms with Gasteiger partial charge in [0.1, 0.15) is 5.75 Å². The summed E-state index contributed by atoms with van der Waals surface area (Å²) in [6, 6.07) is 6.79. The van der Waals surface area contributed by atoms with E-state index in [2.05, 4.69) is 4.98 Å². The Morgan fingerprint density at radius 2 is 1.85 bits per heavy atom. The van der Waals surface area contributed by atoms with Gasteiger partial charge in [-0.3, -0.25) is 9.78 Å². The van der Waals surface area contributed by atoms with E-state index < -0.39 is 0 Å². The van der Waals surface area contributed by atoms with E-state index in [1.165, 1.54) is 27.5 Å². The van der Waals surface area contributed by atoms with Crippen LogP contribution in [0.3, 0.4) is 0 Å². The van der Waals surface area contributed by atoms with Crippen LogP contribution in [-0.4, -0.2) is 32.1 Å². The van der Waals surface area contributed by atoms with Crippen molar-refractivity contribution in [1.82, 2.24) is 4.98 Å². The van der Waals surface area contributed by atoms with Crippen molar-refractivity contribution in [1.29, 1.82) is 0 Å². The molecule has 0 amide bonds. The van der Waals surface area contributed by atoms with E-state index in [-0.39, 0.29) is 5.78 Å². The molecule has 5 heteroatoms. The zero-order valence-corrected chi connectivity index (χ0v) is 11.5. The summed E-state index contributed by atoms with van der Waals surface area (Å²) >= 11 is 0. The van der Waals surface area contributed by atoms with Crippen molar-refractivity contribution in [3.63, 3.8) is 0 Å². The molecule has 0 aliphatic carbocycles. The van der Waals surface area contributed by atoms with Crippen LogP contribution in [0.25, 0.3) is 0 Å². The maximum absolute atomic E-state index is 12.5. The van der Waals surface area contributed by atoms with E-state index in [0.29, 0.717) is 28.4 Å². The summed E-state index contributed by atoms with van der Waals surface area (Å²) in [4.78, 5) is 16.5. The highest BCUT2D eigenvalue weighted by atomic mass is 16.5. The van der Waals surface area contributed by atoms with Crippen molar-refractivity contribution in [3.05, 3.63) is 47.8 Å². The Balaban J connectivity index is 2.47. The van der Waals surface area contributed by atoms with Gasteiger partial charge in [0, 0.05) is 11.8 Å². The first-order valence-corrected chi connectivity index (χ1v) is 5.96. The molecular formula is C15H15NO4. The van der Waals surface area contributed by atoms with Crippen LogP contribution < -0.4 is 14.2 Å². The molecule has 1 aromatic carbocycles. The number of ether oxygens (including phenoxy) is 3. The van der Waals surface area contributed by atoms with Gasteiger partial charge in [-0.1, -0.05) is 6.07 Å². The second kappa shape index (κ2) is 6.06. The van der Waals surface area contributed by atoms with Gasteiger partial charge in [0.05, 0.1) is 33.1 Å². The fraction of sp³-hybridized carbons (Fsp3) is 0.200. The average Bonchev–Trinajstić information content (AvgIpc) is 2.53. The Labute approximate surface area is 117 Å². The van der Waals surface area contributed by atoms with Crippen LogP contribution in [0.5, 0.6) is 17.2 Å². The van der Waals surface area contributed by atoms with Crippen molar-refractivity contribution < 1.29 is 19.0 Å². The minimum atomic E-state index is -0.202. The van der Waals surface area contributed by atoms with E-state index in [1.54, 1.807) is 30.5 Å². The molecule has 0 saturated carbocycles. The molecule has 20 heavy (non-hydrogen) atoms. The first-order valence-electron chi connectivity index (χ1n) is 5.96. The van der Waals surface area contributed by atoms with Crippen LogP contribution in [0.2, 0.25) is 0 Å². The van der Waals surface area contributed by atoms with Gasteiger partial charge < -0.3 is 14.2 Å². The van der Waals surface area contributed by atoms with Gasteiger partial charge >= 0.3 is 0 Å². The van der Waals surface area contributed by atoms with Crippen molar-refractivity contribution in [2.45, 2.75) is 0 Å². The summed E-state index contributed by atoms with van der Waals surface area (Å²) < 4.78 is 15.5. The van der Waals surface area contributed by atoms with E-state index in [9.17, 15) is 4.79 Å². The van der Waals surface area contributed by atoms with E-state index >= 15 is 0 Å². The van der Waals surface area contributed by atoms with E-state index in [1.807, 2.05) is 0 Å². The lowest BCUT2D eigenvalue weighted by Gasteiger charge is -2.11. The number of carbonyl (C=O) groups is 1. The molecule has 0 N–H and O–H groups in total. The quantitative estimate of drug-likeness (QED) is 0.783. The molecule has 0 unspecified atom stereocenters. The van der Waals surface area contributed by atoms with Crippen LogP contribution >= 0.6 is 0 Å². The topological polar surface area (TPSA) is 57.7 Å². The van der Waals surface area contributed by atoms with Crippen molar-refractivity contribution in [3.8, 4) is 17.2 Å². The average molecular weight is 273 g/mol. The molecule has 0 aliphatic rings. The molecule has 0 bridgehead atoms. The molecule has 5 nitrogen and oxygen atoms in total. The summed E-state index contributed by atoms with van der Waals surface area (Å²) in [6.45, 7) is 0. The van der Waals surface area contributed by atoms with Crippen LogP contribution in [-0.2, 0) is 0 Å². The summed E-state index contributed by atoms with van der Waals surface area (Å²) in [5.41, 5.74) is 0.845. The summed E-state index contributed by atoms with van der Waals surface area (Å²) in [5, 5.41) is 0. The van der Waals surface area contributed by atoms with Gasteiger partial charge in [0.25, 0.3) is 0 Å². The second-order valence-electron chi connectivity index (χ2n) is 3.98. The van der Waals surface area contributed by atoms with Crippen LogP contribution in [0.15, 0.2) is 36.7 Å². The normalized spacial score (nSPS) is 9.95. The molecular weight excluding hydrogens is 258 g/mol. The van der Waals surface area contributed by atoms with E-state index in [0.717, 1.165) is 0 Å². The zero-order chi connectivity index (χ0) is 14.5. The molecule has 2 rings (SSSR count). The highest BCUT2D eigenvalue weighted by Gasteiger charge is 2.18. The predicted molar refractivity (Wildman–Crippen MR) is 73.8 cm³/mol. The number of carbonyl (C=O) groups excluding carboxylic acids is 1. The van der Waals surface area contributed by atoms with Gasteiger partial charge in [-0.05, 0) is 18.2 Å². The third kappa shape index (κ3) is 2.56. The lowest BCUT2D eigenvalue weighted by Crippen LogP contribution is -2.06. The Morgan fingerprint density at radius 3 is 2.50 bits per heavy atom. The highest BCUT2D eigenvalue weighted by molar-refractivity contribution is 6.11.